The van der Waals surface area contributed by atoms with E-state index in [0.717, 1.165) is 0 Å². The van der Waals surface area contributed by atoms with Gasteiger partial charge in [-0.3, -0.25) is 20.4 Å². The van der Waals surface area contributed by atoms with E-state index in [-0.39, 0.29) is 6.42 Å². The Balaban J connectivity index is 2.87. The van der Waals surface area contributed by atoms with Crippen molar-refractivity contribution in [1.29, 1.82) is 0 Å². The molecule has 6 N–H and O–H groups in total. The van der Waals surface area contributed by atoms with E-state index in [1.165, 1.54) is 18.2 Å². The summed E-state index contributed by atoms with van der Waals surface area (Å²) in [5.74, 6) is 8.90. The topological polar surface area (TPSA) is 110 Å². The summed E-state index contributed by atoms with van der Waals surface area (Å²) in [6, 6.07) is 0. The summed E-state index contributed by atoms with van der Waals surface area (Å²) < 4.78 is 0. The quantitative estimate of drug-likeness (QED) is 0.207. The first-order valence-electron chi connectivity index (χ1n) is 4.13. The van der Waals surface area contributed by atoms with Crippen molar-refractivity contribution in [1.82, 2.24) is 10.9 Å². The molecule has 0 radical (unpaired) electrons. The molecule has 0 fully saturated rings. The zero-order chi connectivity index (χ0) is 11.5. The highest BCUT2D eigenvalue weighted by Gasteiger charge is 2.36. The minimum atomic E-state index is -1.33. The number of carbonyl (C=O) groups excluding carboxylic acids is 2. The van der Waals surface area contributed by atoms with Gasteiger partial charge in [0.15, 0.2) is 0 Å². The van der Waals surface area contributed by atoms with Gasteiger partial charge < -0.3 is 0 Å². The van der Waals surface area contributed by atoms with Gasteiger partial charge in [-0.25, -0.2) is 11.7 Å². The molecular formula is C8H11ClN4O2. The second-order valence-corrected chi connectivity index (χ2v) is 3.71. The van der Waals surface area contributed by atoms with Crippen LogP contribution in [0.25, 0.3) is 0 Å². The van der Waals surface area contributed by atoms with Gasteiger partial charge in [0.2, 0.25) is 0 Å². The number of carbonyl (C=O) groups is 2. The summed E-state index contributed by atoms with van der Waals surface area (Å²) in [5, 5.41) is 0. The zero-order valence-electron chi connectivity index (χ0n) is 7.79. The molecule has 0 aromatic carbocycles. The Kier molecular flexibility index (Phi) is 3.46. The van der Waals surface area contributed by atoms with E-state index in [1.54, 1.807) is 0 Å². The fourth-order valence-corrected chi connectivity index (χ4v) is 1.51. The number of allylic oxidation sites excluding steroid dienone is 2. The van der Waals surface area contributed by atoms with Crippen molar-refractivity contribution < 1.29 is 9.59 Å². The van der Waals surface area contributed by atoms with Gasteiger partial charge >= 0.3 is 0 Å². The summed E-state index contributed by atoms with van der Waals surface area (Å²) in [7, 11) is 0. The number of amides is 2. The summed E-state index contributed by atoms with van der Waals surface area (Å²) in [5.41, 5.74) is 4.23. The Bertz CT molecular complexity index is 353. The maximum atomic E-state index is 11.3. The second kappa shape index (κ2) is 4.43. The molecule has 0 heterocycles. The Morgan fingerprint density at radius 3 is 2.60 bits per heavy atom. The van der Waals surface area contributed by atoms with Crippen LogP contribution in [0.4, 0.5) is 0 Å². The molecule has 1 unspecified atom stereocenters. The molecule has 0 aromatic heterocycles. The van der Waals surface area contributed by atoms with Crippen molar-refractivity contribution >= 4 is 23.4 Å². The zero-order valence-corrected chi connectivity index (χ0v) is 8.54. The number of nitrogens with two attached hydrogens (primary N) is 2. The minimum absolute atomic E-state index is 0.0388. The first kappa shape index (κ1) is 11.7. The van der Waals surface area contributed by atoms with E-state index in [9.17, 15) is 9.59 Å². The van der Waals surface area contributed by atoms with Gasteiger partial charge in [0.05, 0.1) is 0 Å². The SMILES string of the molecule is NNC(=O)C1=CC=CC(Cl)(C(=O)NN)C1. The summed E-state index contributed by atoms with van der Waals surface area (Å²) >= 11 is 5.98. The molecule has 1 rings (SSSR count). The molecule has 1 atom stereocenters. The minimum Gasteiger partial charge on any atom is -0.292 e. The van der Waals surface area contributed by atoms with E-state index < -0.39 is 16.7 Å². The monoisotopic (exact) mass is 230 g/mol. The normalized spacial score (nSPS) is 24.3. The van der Waals surface area contributed by atoms with Crippen LogP contribution in [-0.2, 0) is 9.59 Å². The molecule has 0 bridgehead atoms. The highest BCUT2D eigenvalue weighted by Crippen LogP contribution is 2.29. The van der Waals surface area contributed by atoms with Gasteiger partial charge in [-0.15, -0.1) is 11.6 Å². The van der Waals surface area contributed by atoms with E-state index in [2.05, 4.69) is 0 Å². The number of halogens is 1. The number of hydrogen-bond donors (Lipinski definition) is 4. The van der Waals surface area contributed by atoms with Crippen LogP contribution in [0.2, 0.25) is 0 Å². The van der Waals surface area contributed by atoms with E-state index >= 15 is 0 Å². The van der Waals surface area contributed by atoms with Crippen LogP contribution in [0.3, 0.4) is 0 Å². The lowest BCUT2D eigenvalue weighted by Gasteiger charge is -2.24. The Morgan fingerprint density at radius 2 is 2.07 bits per heavy atom. The van der Waals surface area contributed by atoms with Crippen molar-refractivity contribution in [3.63, 3.8) is 0 Å². The summed E-state index contributed by atoms with van der Waals surface area (Å²) in [6.45, 7) is 0. The van der Waals surface area contributed by atoms with Gasteiger partial charge in [0.1, 0.15) is 4.87 Å². The maximum absolute atomic E-state index is 11.3. The lowest BCUT2D eigenvalue weighted by atomic mass is 9.92. The largest absolute Gasteiger partial charge is 0.292 e. The number of rotatable bonds is 2. The second-order valence-electron chi connectivity index (χ2n) is 3.04. The van der Waals surface area contributed by atoms with Gasteiger partial charge in [-0.05, 0) is 0 Å². The molecule has 0 spiro atoms. The van der Waals surface area contributed by atoms with Crippen molar-refractivity contribution in [2.75, 3.05) is 0 Å². The van der Waals surface area contributed by atoms with Crippen molar-refractivity contribution in [2.45, 2.75) is 11.3 Å². The third-order valence-corrected chi connectivity index (χ3v) is 2.47. The van der Waals surface area contributed by atoms with Crippen molar-refractivity contribution in [3.8, 4) is 0 Å². The van der Waals surface area contributed by atoms with Crippen LogP contribution in [0.5, 0.6) is 0 Å². The van der Waals surface area contributed by atoms with E-state index in [0.29, 0.717) is 5.57 Å². The third-order valence-electron chi connectivity index (χ3n) is 2.04. The predicted octanol–water partition coefficient (Wildman–Crippen LogP) is -1.17. The smallest absolute Gasteiger partial charge is 0.261 e. The van der Waals surface area contributed by atoms with Gasteiger partial charge in [-0.2, -0.15) is 0 Å². The first-order valence-corrected chi connectivity index (χ1v) is 4.50. The van der Waals surface area contributed by atoms with Gasteiger partial charge in [0, 0.05) is 12.0 Å². The van der Waals surface area contributed by atoms with Crippen LogP contribution in [-0.4, -0.2) is 16.7 Å². The van der Waals surface area contributed by atoms with Crippen LogP contribution in [0.1, 0.15) is 6.42 Å². The van der Waals surface area contributed by atoms with Gasteiger partial charge in [-0.1, -0.05) is 18.2 Å². The molecule has 0 saturated carbocycles. The number of hydrogen-bond acceptors (Lipinski definition) is 4. The van der Waals surface area contributed by atoms with Crippen molar-refractivity contribution in [2.24, 2.45) is 11.7 Å². The van der Waals surface area contributed by atoms with E-state index in [4.69, 9.17) is 23.3 Å². The average Bonchev–Trinajstić information content (AvgIpc) is 2.26. The lowest BCUT2D eigenvalue weighted by molar-refractivity contribution is -0.122. The molecule has 1 aliphatic carbocycles. The predicted molar refractivity (Wildman–Crippen MR) is 55.1 cm³/mol. The fraction of sp³-hybridized carbons (Fsp3) is 0.250. The highest BCUT2D eigenvalue weighted by atomic mass is 35.5. The molecule has 2 amide bonds. The summed E-state index contributed by atoms with van der Waals surface area (Å²) in [4.78, 5) is 21.2. The standard InChI is InChI=1S/C8H11ClN4O2/c9-8(7(15)13-11)3-1-2-5(4-8)6(14)12-10/h1-3H,4,10-11H2,(H,12,14)(H,13,15). The Hall–Kier alpha value is -1.37. The molecule has 0 aliphatic heterocycles. The number of nitrogens with one attached hydrogen (secondary N) is 2. The Labute approximate surface area is 91.3 Å². The number of hydrazine groups is 2. The lowest BCUT2D eigenvalue weighted by Crippen LogP contribution is -2.46. The highest BCUT2D eigenvalue weighted by molar-refractivity contribution is 6.37. The van der Waals surface area contributed by atoms with Crippen LogP contribution in [0, 0.1) is 0 Å². The van der Waals surface area contributed by atoms with Gasteiger partial charge in [0.25, 0.3) is 11.8 Å². The molecular weight excluding hydrogens is 220 g/mol. The molecule has 82 valence electrons. The molecule has 0 aromatic rings. The van der Waals surface area contributed by atoms with Crippen LogP contribution in [0.15, 0.2) is 23.8 Å². The average molecular weight is 231 g/mol. The molecule has 6 nitrogen and oxygen atoms in total. The number of alkyl halides is 1. The van der Waals surface area contributed by atoms with Crippen molar-refractivity contribution in [3.05, 3.63) is 23.8 Å². The maximum Gasteiger partial charge on any atom is 0.261 e. The van der Waals surface area contributed by atoms with E-state index in [1.807, 2.05) is 10.9 Å². The molecule has 1 aliphatic rings. The van der Waals surface area contributed by atoms with Crippen LogP contribution >= 0.6 is 11.6 Å². The summed E-state index contributed by atoms with van der Waals surface area (Å²) in [6.07, 6.45) is 4.55. The Morgan fingerprint density at radius 1 is 1.40 bits per heavy atom. The molecule has 15 heavy (non-hydrogen) atoms. The molecule has 7 heteroatoms. The third kappa shape index (κ3) is 2.35. The molecule has 0 saturated heterocycles. The first-order chi connectivity index (χ1) is 7.03. The van der Waals surface area contributed by atoms with Crippen LogP contribution < -0.4 is 22.5 Å². The fourth-order valence-electron chi connectivity index (χ4n) is 1.24.